The number of hydrogen-bond donors (Lipinski definition) is 2. The minimum Gasteiger partial charge on any atom is -0.469 e. The Balaban J connectivity index is 0.000000266. The van der Waals surface area contributed by atoms with Gasteiger partial charge in [-0.2, -0.15) is 0 Å². The molecule has 256 valence electrons. The largest absolute Gasteiger partial charge is 0.488 e. The number of pyridine rings is 2. The molecule has 0 spiro atoms. The molecule has 0 unspecified atom stereocenters. The van der Waals surface area contributed by atoms with Crippen molar-refractivity contribution in [3.8, 4) is 11.3 Å². The molecule has 2 N–H and O–H groups in total. The van der Waals surface area contributed by atoms with Crippen molar-refractivity contribution in [2.45, 2.75) is 66.2 Å². The minimum absolute atomic E-state index is 0.0373. The summed E-state index contributed by atoms with van der Waals surface area (Å²) in [5.74, 6) is -0.828. The zero-order valence-electron chi connectivity index (χ0n) is 28.5. The number of hydrogen-bond acceptors (Lipinski definition) is 8. The lowest BCUT2D eigenvalue weighted by Crippen LogP contribution is -2.34. The number of esters is 2. The van der Waals surface area contributed by atoms with Crippen LogP contribution in [-0.2, 0) is 19.1 Å². The molecule has 0 radical (unpaired) electrons. The number of aryl methyl sites for hydroxylation is 4. The van der Waals surface area contributed by atoms with Crippen LogP contribution in [0, 0.1) is 39.3 Å². The van der Waals surface area contributed by atoms with Crippen molar-refractivity contribution in [2.75, 3.05) is 14.2 Å². The van der Waals surface area contributed by atoms with Gasteiger partial charge < -0.3 is 19.5 Å². The predicted octanol–water partition coefficient (Wildman–Crippen LogP) is 6.80. The lowest BCUT2D eigenvalue weighted by Gasteiger charge is -2.14. The lowest BCUT2D eigenvalue weighted by molar-refractivity contribution is -0.141. The van der Waals surface area contributed by atoms with Gasteiger partial charge in [0.2, 0.25) is 0 Å². The van der Waals surface area contributed by atoms with Crippen molar-refractivity contribution in [2.24, 2.45) is 0 Å². The van der Waals surface area contributed by atoms with Crippen LogP contribution in [0.2, 0.25) is 0 Å². The van der Waals surface area contributed by atoms with E-state index in [9.17, 15) is 18.4 Å². The Morgan fingerprint density at radius 3 is 1.58 bits per heavy atom. The van der Waals surface area contributed by atoms with E-state index in [1.54, 1.807) is 26.2 Å². The molecule has 0 aliphatic heterocycles. The summed E-state index contributed by atoms with van der Waals surface area (Å²) in [6.07, 6.45) is 4.15. The summed E-state index contributed by atoms with van der Waals surface area (Å²) >= 11 is 3.29. The molecule has 0 saturated carbocycles. The van der Waals surface area contributed by atoms with Crippen molar-refractivity contribution in [3.05, 3.63) is 111 Å². The average Bonchev–Trinajstić information content (AvgIpc) is 3.00. The first kappa shape index (κ1) is 40.2. The van der Waals surface area contributed by atoms with E-state index in [1.807, 2.05) is 52.0 Å². The normalized spacial score (nSPS) is 11.6. The number of carbonyl (C=O) groups excluding carboxylic acids is 2. The van der Waals surface area contributed by atoms with E-state index in [4.69, 9.17) is 14.8 Å². The minimum atomic E-state index is -1.52. The van der Waals surface area contributed by atoms with Crippen LogP contribution in [-0.4, -0.2) is 53.3 Å². The second-order valence-electron chi connectivity index (χ2n) is 11.5. The Kier molecular flexibility index (Phi) is 16.0. The summed E-state index contributed by atoms with van der Waals surface area (Å²) in [6.45, 7) is 11.0. The van der Waals surface area contributed by atoms with Gasteiger partial charge in [-0.3, -0.25) is 14.6 Å². The van der Waals surface area contributed by atoms with Crippen LogP contribution >= 0.6 is 15.9 Å². The molecule has 12 heteroatoms. The smallest absolute Gasteiger partial charge is 0.469 e. The maximum atomic E-state index is 13.4. The fraction of sp³-hybridized carbons (Fsp3) is 0.333. The maximum Gasteiger partial charge on any atom is 0.488 e. The molecule has 2 aromatic carbocycles. The molecule has 0 bridgehead atoms. The van der Waals surface area contributed by atoms with Crippen LogP contribution in [0.5, 0.6) is 0 Å². The van der Waals surface area contributed by atoms with Gasteiger partial charge in [-0.15, -0.1) is 0 Å². The number of halogens is 3. The van der Waals surface area contributed by atoms with Gasteiger partial charge in [-0.05, 0) is 143 Å². The van der Waals surface area contributed by atoms with Crippen molar-refractivity contribution in [1.29, 1.82) is 0 Å². The Labute approximate surface area is 289 Å². The SMILES string of the molecule is COC(=O)C[C@H](C)c1ccnc(-c2c(C)cc(F)cc2C)c1.COC(=O)C[C@H](C)c1ccnc(Br)c1.Cc1cc(F)cc(C)c1B(O)O. The maximum absolute atomic E-state index is 13.4. The second-order valence-corrected chi connectivity index (χ2v) is 12.3. The van der Waals surface area contributed by atoms with E-state index < -0.39 is 7.12 Å². The Bertz CT molecular complexity index is 1660. The second kappa shape index (κ2) is 19.1. The molecular weight excluding hydrogens is 685 g/mol. The fourth-order valence-electron chi connectivity index (χ4n) is 5.16. The highest BCUT2D eigenvalue weighted by molar-refractivity contribution is 9.10. The van der Waals surface area contributed by atoms with Gasteiger partial charge in [0, 0.05) is 18.0 Å². The first-order chi connectivity index (χ1) is 22.6. The third-order valence-electron chi connectivity index (χ3n) is 7.64. The monoisotopic (exact) mass is 726 g/mol. The number of carbonyl (C=O) groups is 2. The van der Waals surface area contributed by atoms with Crippen molar-refractivity contribution >= 4 is 40.4 Å². The third kappa shape index (κ3) is 12.2. The summed E-state index contributed by atoms with van der Waals surface area (Å²) in [7, 11) is 1.26. The van der Waals surface area contributed by atoms with Crippen molar-refractivity contribution in [3.63, 3.8) is 0 Å². The van der Waals surface area contributed by atoms with Crippen molar-refractivity contribution in [1.82, 2.24) is 9.97 Å². The van der Waals surface area contributed by atoms with Crippen molar-refractivity contribution < 1.29 is 37.9 Å². The molecule has 0 fully saturated rings. The van der Waals surface area contributed by atoms with Gasteiger partial charge >= 0.3 is 19.1 Å². The summed E-state index contributed by atoms with van der Waals surface area (Å²) in [5, 5.41) is 17.8. The molecule has 0 aliphatic rings. The molecule has 2 aromatic heterocycles. The van der Waals surface area contributed by atoms with Crippen LogP contribution in [0.15, 0.2) is 65.5 Å². The quantitative estimate of drug-likeness (QED) is 0.116. The molecule has 0 amide bonds. The Morgan fingerprint density at radius 2 is 1.17 bits per heavy atom. The Morgan fingerprint density at radius 1 is 0.750 bits per heavy atom. The van der Waals surface area contributed by atoms with E-state index in [0.29, 0.717) is 29.4 Å². The molecule has 0 aliphatic carbocycles. The highest BCUT2D eigenvalue weighted by Gasteiger charge is 2.18. The van der Waals surface area contributed by atoms with Gasteiger partial charge in [0.15, 0.2) is 0 Å². The molecule has 48 heavy (non-hydrogen) atoms. The van der Waals surface area contributed by atoms with Crippen LogP contribution in [0.3, 0.4) is 0 Å². The van der Waals surface area contributed by atoms with Crippen LogP contribution < -0.4 is 5.46 Å². The molecule has 2 atom stereocenters. The van der Waals surface area contributed by atoms with Gasteiger partial charge in [-0.25, -0.2) is 13.8 Å². The summed E-state index contributed by atoms with van der Waals surface area (Å²) in [4.78, 5) is 30.9. The molecule has 4 aromatic rings. The number of ether oxygens (including phenoxy) is 2. The number of nitrogens with zero attached hydrogens (tertiary/aromatic N) is 2. The molecular formula is C36H42BBrF2N2O6. The number of benzene rings is 2. The van der Waals surface area contributed by atoms with Gasteiger partial charge in [0.05, 0.1) is 32.8 Å². The lowest BCUT2D eigenvalue weighted by atomic mass is 9.74. The number of methoxy groups -OCH3 is 2. The summed E-state index contributed by atoms with van der Waals surface area (Å²) < 4.78 is 36.3. The zero-order valence-corrected chi connectivity index (χ0v) is 30.1. The Hall–Kier alpha value is -4.00. The number of aromatic nitrogens is 2. The number of rotatable bonds is 8. The zero-order chi connectivity index (χ0) is 36.1. The predicted molar refractivity (Wildman–Crippen MR) is 187 cm³/mol. The highest BCUT2D eigenvalue weighted by atomic mass is 79.9. The third-order valence-corrected chi connectivity index (χ3v) is 8.08. The van der Waals surface area contributed by atoms with E-state index in [0.717, 1.165) is 38.1 Å². The molecule has 0 saturated heterocycles. The summed E-state index contributed by atoms with van der Waals surface area (Å²) in [5.41, 5.74) is 7.03. The van der Waals surface area contributed by atoms with Crippen LogP contribution in [0.4, 0.5) is 8.78 Å². The molecule has 4 rings (SSSR count). The van der Waals surface area contributed by atoms with Crippen LogP contribution in [0.25, 0.3) is 11.3 Å². The fourth-order valence-corrected chi connectivity index (χ4v) is 5.54. The van der Waals surface area contributed by atoms with E-state index >= 15 is 0 Å². The molecule has 8 nitrogen and oxygen atoms in total. The first-order valence-electron chi connectivity index (χ1n) is 15.2. The first-order valence-corrected chi connectivity index (χ1v) is 16.0. The van der Waals surface area contributed by atoms with E-state index in [-0.39, 0.29) is 35.4 Å². The highest BCUT2D eigenvalue weighted by Crippen LogP contribution is 2.29. The van der Waals surface area contributed by atoms with Gasteiger partial charge in [-0.1, -0.05) is 13.8 Å². The van der Waals surface area contributed by atoms with Gasteiger partial charge in [0.1, 0.15) is 16.2 Å². The topological polar surface area (TPSA) is 119 Å². The van der Waals surface area contributed by atoms with E-state index in [1.165, 1.54) is 38.5 Å². The van der Waals surface area contributed by atoms with Gasteiger partial charge in [0.25, 0.3) is 0 Å². The average molecular weight is 727 g/mol. The van der Waals surface area contributed by atoms with Crippen LogP contribution in [0.1, 0.15) is 71.9 Å². The summed E-state index contributed by atoms with van der Waals surface area (Å²) in [6, 6.07) is 13.2. The standard InChI is InChI=1S/C18H20FNO2.C10H12BrNO2.C8H10BFO2/c1-11(9-17(21)22-4)14-5-6-20-16(10-14)18-12(2)7-15(19)8-13(18)3;1-7(5-10(13)14-2)8-3-4-12-9(11)6-8;1-5-3-7(10)4-6(2)8(5)9(11)12/h5-8,10-11H,9H2,1-4H3;3-4,6-7H,5H2,1-2H3;3-4,11-12H,1-2H3/t11-;7-;/m00./s1. The van der Waals surface area contributed by atoms with E-state index in [2.05, 4.69) is 30.6 Å². The molecule has 2 heterocycles.